The van der Waals surface area contributed by atoms with Crippen molar-refractivity contribution in [2.45, 2.75) is 45.6 Å². The van der Waals surface area contributed by atoms with Crippen molar-refractivity contribution in [2.24, 2.45) is 0 Å². The summed E-state index contributed by atoms with van der Waals surface area (Å²) in [5.41, 5.74) is 6.77. The molecule has 1 saturated heterocycles. The maximum absolute atomic E-state index is 12.6. The molecule has 0 aliphatic carbocycles. The molecule has 0 spiro atoms. The van der Waals surface area contributed by atoms with E-state index in [-0.39, 0.29) is 5.91 Å². The summed E-state index contributed by atoms with van der Waals surface area (Å²) >= 11 is 0. The van der Waals surface area contributed by atoms with Gasteiger partial charge in [0.2, 0.25) is 5.95 Å². The second kappa shape index (κ2) is 10.9. The van der Waals surface area contributed by atoms with E-state index in [1.807, 2.05) is 31.2 Å². The lowest BCUT2D eigenvalue weighted by Gasteiger charge is -2.29. The van der Waals surface area contributed by atoms with Gasteiger partial charge in [-0.05, 0) is 86.6 Å². The molecule has 1 aromatic heterocycles. The van der Waals surface area contributed by atoms with Crippen LogP contribution in [0, 0.1) is 6.92 Å². The van der Waals surface area contributed by atoms with Gasteiger partial charge in [-0.15, -0.1) is 0 Å². The lowest BCUT2D eigenvalue weighted by atomic mass is 10.0. The number of nitrogens with one attached hydrogen (secondary N) is 2. The predicted octanol–water partition coefficient (Wildman–Crippen LogP) is 5.23. The number of piperidine rings is 1. The molecule has 6 bridgehead atoms. The van der Waals surface area contributed by atoms with Crippen LogP contribution >= 0.6 is 0 Å². The van der Waals surface area contributed by atoms with E-state index in [1.165, 1.54) is 24.9 Å². The highest BCUT2D eigenvalue weighted by atomic mass is 16.5. The van der Waals surface area contributed by atoms with Gasteiger partial charge in [0, 0.05) is 54.9 Å². The third kappa shape index (κ3) is 5.80. The largest absolute Gasteiger partial charge is 0.377 e. The third-order valence-corrected chi connectivity index (χ3v) is 6.64. The molecular formula is C28H33N5O2. The molecule has 3 aromatic rings. The Morgan fingerprint density at radius 2 is 1.86 bits per heavy atom. The van der Waals surface area contributed by atoms with Gasteiger partial charge in [0.1, 0.15) is 0 Å². The monoisotopic (exact) mass is 471 g/mol. The molecule has 182 valence electrons. The number of rotatable bonds is 1. The van der Waals surface area contributed by atoms with Crippen LogP contribution in [0.1, 0.15) is 53.6 Å². The van der Waals surface area contributed by atoms with Crippen molar-refractivity contribution in [2.75, 3.05) is 36.5 Å². The van der Waals surface area contributed by atoms with Crippen molar-refractivity contribution in [3.8, 4) is 11.3 Å². The van der Waals surface area contributed by atoms with Crippen molar-refractivity contribution in [3.63, 3.8) is 0 Å². The van der Waals surface area contributed by atoms with Crippen LogP contribution < -0.4 is 15.5 Å². The fourth-order valence-electron chi connectivity index (χ4n) is 4.78. The highest BCUT2D eigenvalue weighted by molar-refractivity contribution is 5.95. The average Bonchev–Trinajstić information content (AvgIpc) is 2.88. The van der Waals surface area contributed by atoms with E-state index >= 15 is 0 Å². The van der Waals surface area contributed by atoms with Crippen LogP contribution in [0.5, 0.6) is 0 Å². The minimum atomic E-state index is -0.0511. The molecule has 7 heteroatoms. The Kier molecular flexibility index (Phi) is 7.23. The first kappa shape index (κ1) is 23.3. The quantitative estimate of drug-likeness (QED) is 0.506. The van der Waals surface area contributed by atoms with Crippen molar-refractivity contribution in [3.05, 3.63) is 65.4 Å². The lowest BCUT2D eigenvalue weighted by Crippen LogP contribution is -2.29. The molecule has 0 radical (unpaired) electrons. The van der Waals surface area contributed by atoms with E-state index < -0.39 is 0 Å². The molecule has 2 N–H and O–H groups in total. The number of nitrogens with zero attached hydrogens (tertiary/aromatic N) is 3. The van der Waals surface area contributed by atoms with Crippen LogP contribution in [-0.2, 0) is 11.3 Å². The van der Waals surface area contributed by atoms with Crippen molar-refractivity contribution < 1.29 is 9.53 Å². The van der Waals surface area contributed by atoms with Gasteiger partial charge < -0.3 is 20.3 Å². The Labute approximate surface area is 206 Å². The minimum absolute atomic E-state index is 0.0511. The molecule has 35 heavy (non-hydrogen) atoms. The summed E-state index contributed by atoms with van der Waals surface area (Å²) < 4.78 is 5.99. The Balaban J connectivity index is 1.49. The molecule has 1 fully saturated rings. The van der Waals surface area contributed by atoms with Crippen LogP contribution in [-0.4, -0.2) is 42.1 Å². The number of carbonyl (C=O) groups is 1. The number of hydrogen-bond donors (Lipinski definition) is 2. The number of hydrogen-bond acceptors (Lipinski definition) is 6. The van der Waals surface area contributed by atoms with E-state index in [1.54, 1.807) is 6.20 Å². The van der Waals surface area contributed by atoms with Gasteiger partial charge in [0.15, 0.2) is 0 Å². The standard InChI is InChI=1S/C28H33N5O2/c1-20-15-22-7-8-25(20)26-9-11-30-28(32-26)31-23-16-21(19-35-14-6-3-10-29-27(22)34)17-24(18-23)33-12-4-2-5-13-33/h7-9,11,15-18H,2-6,10,12-14,19H2,1H3,(H,29,34)(H,30,31,32). The van der Waals surface area contributed by atoms with Gasteiger partial charge in [-0.1, -0.05) is 6.07 Å². The topological polar surface area (TPSA) is 79.4 Å². The number of carbonyl (C=O) groups excluding carboxylic acids is 1. The highest BCUT2D eigenvalue weighted by Gasteiger charge is 2.15. The van der Waals surface area contributed by atoms with Gasteiger partial charge in [0.05, 0.1) is 12.3 Å². The van der Waals surface area contributed by atoms with Crippen molar-refractivity contribution >= 4 is 23.2 Å². The zero-order valence-electron chi connectivity index (χ0n) is 20.3. The number of fused-ring (bicyclic) bond motifs is 9. The molecule has 0 unspecified atom stereocenters. The van der Waals surface area contributed by atoms with E-state index in [2.05, 4.69) is 38.7 Å². The Hall–Kier alpha value is -3.45. The Morgan fingerprint density at radius 1 is 0.971 bits per heavy atom. The van der Waals surface area contributed by atoms with Gasteiger partial charge in [0.25, 0.3) is 5.91 Å². The first-order chi connectivity index (χ1) is 17.2. The van der Waals surface area contributed by atoms with Crippen molar-refractivity contribution in [1.29, 1.82) is 0 Å². The van der Waals surface area contributed by atoms with Crippen LogP contribution in [0.3, 0.4) is 0 Å². The second-order valence-electron chi connectivity index (χ2n) is 9.37. The molecular weight excluding hydrogens is 438 g/mol. The van der Waals surface area contributed by atoms with Gasteiger partial charge in [-0.25, -0.2) is 9.97 Å². The summed E-state index contributed by atoms with van der Waals surface area (Å²) in [6.07, 6.45) is 7.30. The predicted molar refractivity (Wildman–Crippen MR) is 139 cm³/mol. The van der Waals surface area contributed by atoms with E-state index in [9.17, 15) is 4.79 Å². The normalized spacial score (nSPS) is 17.1. The fourth-order valence-corrected chi connectivity index (χ4v) is 4.78. The molecule has 1 amide bonds. The van der Waals surface area contributed by atoms with E-state index in [4.69, 9.17) is 9.72 Å². The molecule has 3 aliphatic heterocycles. The fraction of sp³-hybridized carbons (Fsp3) is 0.393. The number of amides is 1. The summed E-state index contributed by atoms with van der Waals surface area (Å²) in [5.74, 6) is 0.495. The number of aromatic nitrogens is 2. The Bertz CT molecular complexity index is 1190. The highest BCUT2D eigenvalue weighted by Crippen LogP contribution is 2.28. The zero-order valence-corrected chi connectivity index (χ0v) is 20.3. The van der Waals surface area contributed by atoms with Gasteiger partial charge >= 0.3 is 0 Å². The molecule has 4 heterocycles. The van der Waals surface area contributed by atoms with E-state index in [0.717, 1.165) is 54.0 Å². The maximum Gasteiger partial charge on any atom is 0.251 e. The summed E-state index contributed by atoms with van der Waals surface area (Å²) in [5, 5.41) is 6.45. The molecule has 3 aliphatic rings. The number of benzene rings is 2. The molecule has 2 aromatic carbocycles. The van der Waals surface area contributed by atoms with Gasteiger partial charge in [-0.3, -0.25) is 4.79 Å². The first-order valence-corrected chi connectivity index (χ1v) is 12.6. The summed E-state index contributed by atoms with van der Waals surface area (Å²) in [6, 6.07) is 14.2. The minimum Gasteiger partial charge on any atom is -0.377 e. The summed E-state index contributed by atoms with van der Waals surface area (Å²) in [4.78, 5) is 24.3. The van der Waals surface area contributed by atoms with Crippen molar-refractivity contribution in [1.82, 2.24) is 15.3 Å². The SMILES string of the molecule is Cc1cc2ccc1-c1ccnc(n1)Nc1cc(cc(N3CCCCC3)c1)COCCCCNC2=O. The number of ether oxygens (including phenoxy) is 1. The summed E-state index contributed by atoms with van der Waals surface area (Å²) in [7, 11) is 0. The van der Waals surface area contributed by atoms with Crippen LogP contribution in [0.2, 0.25) is 0 Å². The molecule has 0 saturated carbocycles. The Morgan fingerprint density at radius 3 is 2.71 bits per heavy atom. The molecule has 7 nitrogen and oxygen atoms in total. The lowest BCUT2D eigenvalue weighted by molar-refractivity contribution is 0.0946. The molecule has 0 atom stereocenters. The number of anilines is 3. The second-order valence-corrected chi connectivity index (χ2v) is 9.37. The van der Waals surface area contributed by atoms with Crippen LogP contribution in [0.4, 0.5) is 17.3 Å². The smallest absolute Gasteiger partial charge is 0.251 e. The maximum atomic E-state index is 12.6. The van der Waals surface area contributed by atoms with Crippen LogP contribution in [0.25, 0.3) is 11.3 Å². The third-order valence-electron chi connectivity index (χ3n) is 6.64. The summed E-state index contributed by atoms with van der Waals surface area (Å²) in [6.45, 7) is 6.01. The first-order valence-electron chi connectivity index (χ1n) is 12.6. The molecule has 6 rings (SSSR count). The average molecular weight is 472 g/mol. The van der Waals surface area contributed by atoms with Crippen LogP contribution in [0.15, 0.2) is 48.7 Å². The zero-order chi connectivity index (χ0) is 24.0. The number of aryl methyl sites for hydroxylation is 1. The van der Waals surface area contributed by atoms with Gasteiger partial charge in [-0.2, -0.15) is 0 Å². The van der Waals surface area contributed by atoms with E-state index in [0.29, 0.717) is 31.3 Å².